The quantitative estimate of drug-likeness (QED) is 0.471. The number of sulfonamides is 1. The molecule has 2 aromatic rings. The molecule has 2 N–H and O–H groups in total. The van der Waals surface area contributed by atoms with Crippen molar-refractivity contribution >= 4 is 28.1 Å². The normalized spacial score (nSPS) is 17.8. The zero-order chi connectivity index (χ0) is 19.4. The number of benzene rings is 1. The van der Waals surface area contributed by atoms with Crippen LogP contribution in [0, 0.1) is 10.1 Å². The Hall–Kier alpha value is -2.12. The van der Waals surface area contributed by atoms with Crippen LogP contribution in [0.2, 0.25) is 0 Å². The minimum atomic E-state index is -3.78. The molecule has 3 rings (SSSR count). The van der Waals surface area contributed by atoms with Crippen molar-refractivity contribution in [2.24, 2.45) is 0 Å². The molecule has 1 unspecified atom stereocenters. The van der Waals surface area contributed by atoms with Crippen LogP contribution in [0.15, 0.2) is 33.7 Å². The van der Waals surface area contributed by atoms with Crippen LogP contribution in [-0.4, -0.2) is 61.6 Å². The van der Waals surface area contributed by atoms with Crippen molar-refractivity contribution in [2.75, 3.05) is 33.2 Å². The predicted molar refractivity (Wildman–Crippen MR) is 102 cm³/mol. The molecule has 0 bridgehead atoms. The van der Waals surface area contributed by atoms with E-state index >= 15 is 0 Å². The van der Waals surface area contributed by atoms with Gasteiger partial charge in [0.25, 0.3) is 5.69 Å². The largest absolute Gasteiger partial charge is 0.339 e. The molecule has 1 saturated heterocycles. The molecule has 0 spiro atoms. The highest BCUT2D eigenvalue weighted by Crippen LogP contribution is 2.18. The van der Waals surface area contributed by atoms with Gasteiger partial charge in [-0.2, -0.15) is 4.98 Å². The van der Waals surface area contributed by atoms with E-state index in [-0.39, 0.29) is 42.0 Å². The lowest BCUT2D eigenvalue weighted by molar-refractivity contribution is -0.384. The number of halogens is 1. The first-order chi connectivity index (χ1) is 12.9. The number of nitrogens with zero attached hydrogens (tertiary/aromatic N) is 4. The van der Waals surface area contributed by atoms with Crippen LogP contribution >= 0.6 is 12.4 Å². The molecule has 13 heteroatoms. The van der Waals surface area contributed by atoms with Crippen molar-refractivity contribution in [2.45, 2.75) is 17.4 Å². The van der Waals surface area contributed by atoms with Gasteiger partial charge in [-0.25, -0.2) is 13.1 Å². The van der Waals surface area contributed by atoms with Gasteiger partial charge in [0.2, 0.25) is 15.9 Å². The smallest absolute Gasteiger partial charge is 0.269 e. The molecule has 2 heterocycles. The number of likely N-dealkylation sites (N-methyl/N-ethyl adjacent to an activating group) is 1. The van der Waals surface area contributed by atoms with Crippen LogP contribution in [0.3, 0.4) is 0 Å². The van der Waals surface area contributed by atoms with Gasteiger partial charge in [-0.15, -0.1) is 12.4 Å². The highest BCUT2D eigenvalue weighted by molar-refractivity contribution is 7.89. The number of nitro benzene ring substituents is 1. The number of nitrogens with one attached hydrogen (secondary N) is 2. The van der Waals surface area contributed by atoms with Gasteiger partial charge in [0.15, 0.2) is 5.82 Å². The second-order valence-electron chi connectivity index (χ2n) is 6.15. The first-order valence-electron chi connectivity index (χ1n) is 8.34. The molecule has 1 aromatic carbocycles. The summed E-state index contributed by atoms with van der Waals surface area (Å²) in [5, 5.41) is 17.9. The SMILES string of the molecule is CN1CCNCC1c1noc(CCNS(=O)(=O)c2ccc([N+](=O)[O-])cc2)n1.Cl. The summed E-state index contributed by atoms with van der Waals surface area (Å²) < 4.78 is 32.1. The lowest BCUT2D eigenvalue weighted by atomic mass is 10.2. The molecular formula is C15H21ClN6O5S. The van der Waals surface area contributed by atoms with E-state index in [0.717, 1.165) is 31.8 Å². The maximum Gasteiger partial charge on any atom is 0.269 e. The van der Waals surface area contributed by atoms with E-state index in [0.29, 0.717) is 11.7 Å². The second kappa shape index (κ2) is 9.39. The summed E-state index contributed by atoms with van der Waals surface area (Å²) in [7, 11) is -1.79. The van der Waals surface area contributed by atoms with Crippen LogP contribution in [0.4, 0.5) is 5.69 Å². The van der Waals surface area contributed by atoms with Crippen molar-refractivity contribution in [1.82, 2.24) is 25.1 Å². The van der Waals surface area contributed by atoms with Crippen molar-refractivity contribution in [3.8, 4) is 0 Å². The van der Waals surface area contributed by atoms with Crippen LogP contribution in [0.25, 0.3) is 0 Å². The summed E-state index contributed by atoms with van der Waals surface area (Å²) >= 11 is 0. The molecule has 0 saturated carbocycles. The Kier molecular flexibility index (Phi) is 7.43. The van der Waals surface area contributed by atoms with E-state index in [2.05, 4.69) is 25.1 Å². The molecule has 0 radical (unpaired) electrons. The van der Waals surface area contributed by atoms with Gasteiger partial charge < -0.3 is 9.84 Å². The average molecular weight is 433 g/mol. The van der Waals surface area contributed by atoms with E-state index in [1.165, 1.54) is 12.1 Å². The third-order valence-electron chi connectivity index (χ3n) is 4.28. The molecular weight excluding hydrogens is 412 g/mol. The third-order valence-corrected chi connectivity index (χ3v) is 5.76. The average Bonchev–Trinajstić information content (AvgIpc) is 3.10. The Bertz CT molecular complexity index is 904. The minimum absolute atomic E-state index is 0. The van der Waals surface area contributed by atoms with E-state index in [1.807, 2.05) is 7.05 Å². The van der Waals surface area contributed by atoms with Crippen LogP contribution in [-0.2, 0) is 16.4 Å². The summed E-state index contributed by atoms with van der Waals surface area (Å²) in [5.74, 6) is 0.910. The summed E-state index contributed by atoms with van der Waals surface area (Å²) in [6.07, 6.45) is 0.239. The number of hydrogen-bond donors (Lipinski definition) is 2. The fraction of sp³-hybridized carbons (Fsp3) is 0.467. The first-order valence-corrected chi connectivity index (χ1v) is 9.83. The summed E-state index contributed by atoms with van der Waals surface area (Å²) in [5.41, 5.74) is -0.172. The fourth-order valence-electron chi connectivity index (χ4n) is 2.72. The molecule has 1 aliphatic rings. The molecule has 0 aliphatic carbocycles. The Morgan fingerprint density at radius 3 is 2.75 bits per heavy atom. The highest BCUT2D eigenvalue weighted by atomic mass is 35.5. The first kappa shape index (κ1) is 22.2. The highest BCUT2D eigenvalue weighted by Gasteiger charge is 2.25. The van der Waals surface area contributed by atoms with E-state index in [4.69, 9.17) is 4.52 Å². The van der Waals surface area contributed by atoms with Crippen molar-refractivity contribution < 1.29 is 17.9 Å². The van der Waals surface area contributed by atoms with Gasteiger partial charge in [0.05, 0.1) is 15.9 Å². The maximum absolute atomic E-state index is 12.2. The topological polar surface area (TPSA) is 144 Å². The lowest BCUT2D eigenvalue weighted by Crippen LogP contribution is -2.44. The zero-order valence-electron chi connectivity index (χ0n) is 15.1. The maximum atomic E-state index is 12.2. The number of non-ortho nitro benzene ring substituents is 1. The van der Waals surface area contributed by atoms with E-state index in [1.54, 1.807) is 0 Å². The van der Waals surface area contributed by atoms with E-state index in [9.17, 15) is 18.5 Å². The predicted octanol–water partition coefficient (Wildman–Crippen LogP) is 0.497. The standard InChI is InChI=1S/C15H20N6O5S.ClH/c1-20-9-8-16-10-13(20)15-18-14(26-19-15)6-7-17-27(24,25)12-4-2-11(3-5-12)21(22)23;/h2-5,13,16-17H,6-10H2,1H3;1H. The lowest BCUT2D eigenvalue weighted by Gasteiger charge is -2.30. The third kappa shape index (κ3) is 5.23. The monoisotopic (exact) mass is 432 g/mol. The molecule has 0 amide bonds. The van der Waals surface area contributed by atoms with Gasteiger partial charge in [-0.05, 0) is 19.2 Å². The molecule has 1 aromatic heterocycles. The molecule has 28 heavy (non-hydrogen) atoms. The van der Waals surface area contributed by atoms with Gasteiger partial charge in [-0.1, -0.05) is 5.16 Å². The molecule has 154 valence electrons. The number of hydrogen-bond acceptors (Lipinski definition) is 9. The van der Waals surface area contributed by atoms with Crippen LogP contribution < -0.4 is 10.0 Å². The molecule has 11 nitrogen and oxygen atoms in total. The number of piperazine rings is 1. The minimum Gasteiger partial charge on any atom is -0.339 e. The number of rotatable bonds is 7. The summed E-state index contributed by atoms with van der Waals surface area (Å²) in [6, 6.07) is 4.70. The molecule has 1 aliphatic heterocycles. The van der Waals surface area contributed by atoms with E-state index < -0.39 is 14.9 Å². The van der Waals surface area contributed by atoms with Gasteiger partial charge in [0.1, 0.15) is 0 Å². The van der Waals surface area contributed by atoms with Gasteiger partial charge >= 0.3 is 0 Å². The number of aromatic nitrogens is 2. The second-order valence-corrected chi connectivity index (χ2v) is 7.91. The fourth-order valence-corrected chi connectivity index (χ4v) is 3.75. The van der Waals surface area contributed by atoms with Gasteiger partial charge in [0, 0.05) is 44.7 Å². The van der Waals surface area contributed by atoms with Gasteiger partial charge in [-0.3, -0.25) is 15.0 Å². The van der Waals surface area contributed by atoms with Crippen LogP contribution in [0.1, 0.15) is 17.8 Å². The Labute approximate surface area is 168 Å². The Balaban J connectivity index is 0.00000280. The Morgan fingerprint density at radius 2 is 2.11 bits per heavy atom. The number of nitro groups is 1. The summed E-state index contributed by atoms with van der Waals surface area (Å²) in [6.45, 7) is 2.58. The van der Waals surface area contributed by atoms with Crippen molar-refractivity contribution in [1.29, 1.82) is 0 Å². The van der Waals surface area contributed by atoms with Crippen molar-refractivity contribution in [3.63, 3.8) is 0 Å². The molecule has 1 fully saturated rings. The summed E-state index contributed by atoms with van der Waals surface area (Å²) in [4.78, 5) is 16.5. The Morgan fingerprint density at radius 1 is 1.39 bits per heavy atom. The molecule has 1 atom stereocenters. The van der Waals surface area contributed by atoms with Crippen molar-refractivity contribution in [3.05, 3.63) is 46.1 Å². The van der Waals surface area contributed by atoms with Crippen LogP contribution in [0.5, 0.6) is 0 Å². The zero-order valence-corrected chi connectivity index (χ0v) is 16.7.